The predicted molar refractivity (Wildman–Crippen MR) is 92.8 cm³/mol. The molecule has 0 heterocycles. The summed E-state index contributed by atoms with van der Waals surface area (Å²) in [7, 11) is 0. The lowest BCUT2D eigenvalue weighted by atomic mass is 9.97. The van der Waals surface area contributed by atoms with E-state index in [9.17, 15) is 13.6 Å². The van der Waals surface area contributed by atoms with Crippen molar-refractivity contribution in [1.82, 2.24) is 5.32 Å². The van der Waals surface area contributed by atoms with Gasteiger partial charge >= 0.3 is 0 Å². The lowest BCUT2D eigenvalue weighted by Crippen LogP contribution is -2.36. The molecule has 0 aliphatic heterocycles. The van der Waals surface area contributed by atoms with Gasteiger partial charge in [-0.3, -0.25) is 4.79 Å². The van der Waals surface area contributed by atoms with E-state index in [1.165, 1.54) is 11.8 Å². The quantitative estimate of drug-likeness (QED) is 0.784. The summed E-state index contributed by atoms with van der Waals surface area (Å²) in [5.41, 5.74) is 6.30. The first kappa shape index (κ1) is 18.4. The molecule has 3 nitrogen and oxygen atoms in total. The van der Waals surface area contributed by atoms with Crippen molar-refractivity contribution in [3.8, 4) is 0 Å². The maximum Gasteiger partial charge on any atom is 0.224 e. The number of carbonyl (C=O) groups excluding carboxylic acids is 1. The number of hydrogen-bond acceptors (Lipinski definition) is 3. The summed E-state index contributed by atoms with van der Waals surface area (Å²) < 4.78 is 27.9. The van der Waals surface area contributed by atoms with Gasteiger partial charge in [0, 0.05) is 22.9 Å². The fourth-order valence-corrected chi connectivity index (χ4v) is 2.76. The van der Waals surface area contributed by atoms with E-state index >= 15 is 0 Å². The topological polar surface area (TPSA) is 55.1 Å². The van der Waals surface area contributed by atoms with Gasteiger partial charge in [-0.1, -0.05) is 19.1 Å². The Hall–Kier alpha value is -1.92. The zero-order valence-electron chi connectivity index (χ0n) is 13.6. The van der Waals surface area contributed by atoms with E-state index in [-0.39, 0.29) is 18.0 Å². The van der Waals surface area contributed by atoms with Crippen LogP contribution in [0.15, 0.2) is 47.4 Å². The fourth-order valence-electron chi connectivity index (χ4n) is 2.29. The molecule has 128 valence electrons. The molecular formula is C18H20F2N2OS. The second-order valence-corrected chi connectivity index (χ2v) is 6.40. The Balaban J connectivity index is 2.48. The van der Waals surface area contributed by atoms with Gasteiger partial charge in [0.25, 0.3) is 0 Å². The molecule has 0 aliphatic rings. The first-order chi connectivity index (χ1) is 11.5. The van der Waals surface area contributed by atoms with Crippen molar-refractivity contribution in [3.05, 3.63) is 65.2 Å². The number of halogens is 2. The third-order valence-corrected chi connectivity index (χ3v) is 4.51. The van der Waals surface area contributed by atoms with E-state index in [2.05, 4.69) is 5.32 Å². The normalized spacial score (nSPS) is 13.4. The summed E-state index contributed by atoms with van der Waals surface area (Å²) in [6.07, 6.45) is 1.92. The van der Waals surface area contributed by atoms with E-state index in [0.717, 1.165) is 23.1 Å². The molecule has 2 aromatic carbocycles. The van der Waals surface area contributed by atoms with Crippen molar-refractivity contribution >= 4 is 17.7 Å². The zero-order valence-corrected chi connectivity index (χ0v) is 14.4. The van der Waals surface area contributed by atoms with E-state index in [0.29, 0.717) is 5.56 Å². The highest BCUT2D eigenvalue weighted by Crippen LogP contribution is 2.28. The number of hydrogen-bond donors (Lipinski definition) is 2. The van der Waals surface area contributed by atoms with Gasteiger partial charge in [-0.2, -0.15) is 0 Å². The van der Waals surface area contributed by atoms with Crippen LogP contribution in [-0.2, 0) is 4.79 Å². The molecule has 0 saturated heterocycles. The number of benzene rings is 2. The molecule has 0 aliphatic carbocycles. The van der Waals surface area contributed by atoms with Crippen molar-refractivity contribution in [2.24, 2.45) is 11.7 Å². The van der Waals surface area contributed by atoms with E-state index < -0.39 is 23.6 Å². The molecule has 0 radical (unpaired) electrons. The van der Waals surface area contributed by atoms with Crippen molar-refractivity contribution in [3.63, 3.8) is 0 Å². The van der Waals surface area contributed by atoms with E-state index in [1.54, 1.807) is 13.0 Å². The van der Waals surface area contributed by atoms with Gasteiger partial charge in [0.05, 0.1) is 6.04 Å². The molecule has 6 heteroatoms. The second-order valence-electron chi connectivity index (χ2n) is 5.52. The summed E-state index contributed by atoms with van der Waals surface area (Å²) in [6.45, 7) is 1.86. The van der Waals surface area contributed by atoms with Crippen LogP contribution in [0.4, 0.5) is 8.78 Å². The molecular weight excluding hydrogens is 330 g/mol. The Morgan fingerprint density at radius 1 is 1.25 bits per heavy atom. The monoisotopic (exact) mass is 350 g/mol. The number of rotatable bonds is 6. The van der Waals surface area contributed by atoms with Crippen molar-refractivity contribution < 1.29 is 13.6 Å². The minimum absolute atomic E-state index is 0.0887. The number of amides is 1. The maximum atomic E-state index is 14.3. The molecule has 1 amide bonds. The molecule has 2 rings (SSSR count). The summed E-state index contributed by atoms with van der Waals surface area (Å²) in [4.78, 5) is 13.2. The minimum Gasteiger partial charge on any atom is -0.345 e. The molecule has 2 unspecified atom stereocenters. The first-order valence-electron chi connectivity index (χ1n) is 7.55. The highest BCUT2D eigenvalue weighted by molar-refractivity contribution is 7.98. The van der Waals surface area contributed by atoms with Gasteiger partial charge in [-0.25, -0.2) is 8.78 Å². The average Bonchev–Trinajstić information content (AvgIpc) is 2.61. The third-order valence-electron chi connectivity index (χ3n) is 3.78. The summed E-state index contributed by atoms with van der Waals surface area (Å²) in [5.74, 6) is -1.86. The Morgan fingerprint density at radius 3 is 2.67 bits per heavy atom. The van der Waals surface area contributed by atoms with Gasteiger partial charge in [-0.15, -0.1) is 11.8 Å². The van der Waals surface area contributed by atoms with E-state index in [4.69, 9.17) is 5.73 Å². The Labute approximate surface area is 144 Å². The predicted octanol–water partition coefficient (Wildman–Crippen LogP) is 3.49. The van der Waals surface area contributed by atoms with Gasteiger partial charge in [0.2, 0.25) is 5.91 Å². The summed E-state index contributed by atoms with van der Waals surface area (Å²) >= 11 is 1.53. The van der Waals surface area contributed by atoms with Crippen LogP contribution < -0.4 is 11.1 Å². The highest BCUT2D eigenvalue weighted by atomic mass is 32.2. The Bertz CT molecular complexity index is 724. The number of nitrogens with two attached hydrogens (primary N) is 1. The van der Waals surface area contributed by atoms with Gasteiger partial charge < -0.3 is 11.1 Å². The molecule has 24 heavy (non-hydrogen) atoms. The molecule has 0 aromatic heterocycles. The third kappa shape index (κ3) is 4.33. The van der Waals surface area contributed by atoms with Crippen LogP contribution in [0.3, 0.4) is 0 Å². The van der Waals surface area contributed by atoms with Crippen LogP contribution in [0, 0.1) is 17.6 Å². The lowest BCUT2D eigenvalue weighted by molar-refractivity contribution is -0.124. The van der Waals surface area contributed by atoms with Crippen molar-refractivity contribution in [2.75, 3.05) is 12.8 Å². The summed E-state index contributed by atoms with van der Waals surface area (Å²) in [5, 5.41) is 2.78. The van der Waals surface area contributed by atoms with Crippen LogP contribution in [0.1, 0.15) is 24.1 Å². The zero-order chi connectivity index (χ0) is 17.7. The van der Waals surface area contributed by atoms with Crippen molar-refractivity contribution in [1.29, 1.82) is 0 Å². The fraction of sp³-hybridized carbons (Fsp3) is 0.278. The molecule has 0 fully saturated rings. The standard InChI is InChI=1S/C18H20F2N2OS/c1-11(10-21)18(23)22-17(12-4-3-5-14(8-12)24-2)15-9-13(19)6-7-16(15)20/h3-9,11,17H,10,21H2,1-2H3,(H,22,23). The lowest BCUT2D eigenvalue weighted by Gasteiger charge is -2.22. The largest absolute Gasteiger partial charge is 0.345 e. The molecule has 0 spiro atoms. The average molecular weight is 350 g/mol. The van der Waals surface area contributed by atoms with Crippen LogP contribution in [-0.4, -0.2) is 18.7 Å². The van der Waals surface area contributed by atoms with Crippen LogP contribution in [0.2, 0.25) is 0 Å². The van der Waals surface area contributed by atoms with Crippen molar-refractivity contribution in [2.45, 2.75) is 17.9 Å². The second kappa shape index (κ2) is 8.26. The van der Waals surface area contributed by atoms with Gasteiger partial charge in [-0.05, 0) is 42.2 Å². The van der Waals surface area contributed by atoms with Crippen LogP contribution in [0.25, 0.3) is 0 Å². The minimum atomic E-state index is -0.783. The maximum absolute atomic E-state index is 14.3. The molecule has 2 aromatic rings. The van der Waals surface area contributed by atoms with Crippen LogP contribution in [0.5, 0.6) is 0 Å². The number of carbonyl (C=O) groups is 1. The van der Waals surface area contributed by atoms with Gasteiger partial charge in [0.1, 0.15) is 11.6 Å². The Kier molecular flexibility index (Phi) is 6.34. The Morgan fingerprint density at radius 2 is 2.00 bits per heavy atom. The van der Waals surface area contributed by atoms with E-state index in [1.807, 2.05) is 24.5 Å². The van der Waals surface area contributed by atoms with Crippen LogP contribution >= 0.6 is 11.8 Å². The molecule has 0 saturated carbocycles. The van der Waals surface area contributed by atoms with Gasteiger partial charge in [0.15, 0.2) is 0 Å². The SMILES string of the molecule is CSc1cccc(C(NC(=O)C(C)CN)c2cc(F)ccc2F)c1. The first-order valence-corrected chi connectivity index (χ1v) is 8.78. The molecule has 3 N–H and O–H groups in total. The smallest absolute Gasteiger partial charge is 0.224 e. The molecule has 0 bridgehead atoms. The molecule has 2 atom stereocenters. The highest BCUT2D eigenvalue weighted by Gasteiger charge is 2.23. The number of thioether (sulfide) groups is 1. The summed E-state index contributed by atoms with van der Waals surface area (Å²) in [6, 6.07) is 9.82. The number of nitrogens with one attached hydrogen (secondary N) is 1.